The summed E-state index contributed by atoms with van der Waals surface area (Å²) < 4.78 is 0. The van der Waals surface area contributed by atoms with Crippen molar-refractivity contribution in [2.24, 2.45) is 5.92 Å². The van der Waals surface area contributed by atoms with Gasteiger partial charge in [0.2, 0.25) is 0 Å². The van der Waals surface area contributed by atoms with Gasteiger partial charge >= 0.3 is 0 Å². The van der Waals surface area contributed by atoms with Crippen LogP contribution in [0.1, 0.15) is 23.9 Å². The monoisotopic (exact) mass is 552 g/mol. The minimum Gasteiger partial charge on any atom is -0.256 e. The Bertz CT molecular complexity index is 2170. The molecular formula is C39H28N4. The van der Waals surface area contributed by atoms with Crippen molar-refractivity contribution in [1.29, 1.82) is 0 Å². The van der Waals surface area contributed by atoms with Crippen LogP contribution in [0.25, 0.3) is 67.2 Å². The molecule has 0 unspecified atom stereocenters. The molecule has 2 heterocycles. The van der Waals surface area contributed by atoms with Gasteiger partial charge in [-0.25, -0.2) is 15.0 Å². The van der Waals surface area contributed by atoms with Crippen molar-refractivity contribution in [2.45, 2.75) is 13.3 Å². The third-order valence-electron chi connectivity index (χ3n) is 8.41. The van der Waals surface area contributed by atoms with Crippen LogP contribution in [0.5, 0.6) is 0 Å². The van der Waals surface area contributed by atoms with Gasteiger partial charge in [-0.3, -0.25) is 4.98 Å². The average molecular weight is 553 g/mol. The lowest BCUT2D eigenvalue weighted by atomic mass is 9.84. The summed E-state index contributed by atoms with van der Waals surface area (Å²) in [6.07, 6.45) is 5.06. The fraction of sp³-hybridized carbons (Fsp3) is 0.0769. The van der Waals surface area contributed by atoms with Gasteiger partial charge in [-0.2, -0.15) is 0 Å². The van der Waals surface area contributed by atoms with Gasteiger partial charge in [-0.1, -0.05) is 116 Å². The van der Waals surface area contributed by atoms with E-state index in [-0.39, 0.29) is 5.92 Å². The van der Waals surface area contributed by atoms with Crippen LogP contribution in [-0.4, -0.2) is 19.9 Å². The molecule has 0 saturated carbocycles. The molecule has 0 saturated heterocycles. The highest BCUT2D eigenvalue weighted by molar-refractivity contribution is 5.94. The number of allylic oxidation sites excluding steroid dienone is 1. The predicted molar refractivity (Wildman–Crippen MR) is 176 cm³/mol. The Morgan fingerprint density at radius 1 is 0.558 bits per heavy atom. The van der Waals surface area contributed by atoms with Crippen molar-refractivity contribution in [3.8, 4) is 33.9 Å². The average Bonchev–Trinajstić information content (AvgIpc) is 3.07. The molecule has 4 nitrogen and oxygen atoms in total. The third kappa shape index (κ3) is 4.67. The van der Waals surface area contributed by atoms with E-state index in [0.717, 1.165) is 56.4 Å². The van der Waals surface area contributed by atoms with Gasteiger partial charge in [-0.05, 0) is 58.0 Å². The van der Waals surface area contributed by atoms with Crippen molar-refractivity contribution in [2.75, 3.05) is 0 Å². The van der Waals surface area contributed by atoms with Gasteiger partial charge in [0, 0.05) is 33.8 Å². The molecule has 0 fully saturated rings. The highest BCUT2D eigenvalue weighted by Gasteiger charge is 2.23. The SMILES string of the molecule is C[C@H]1Cc2ccccc2C=C1c1nc(-c2ccc(-c3cccc4cccnc34)cc2)nc(-c2ccc3ccccc3c2)n1. The summed E-state index contributed by atoms with van der Waals surface area (Å²) in [5.41, 5.74) is 8.88. The quantitative estimate of drug-likeness (QED) is 0.218. The molecule has 1 atom stereocenters. The molecule has 0 bridgehead atoms. The number of hydrogen-bond acceptors (Lipinski definition) is 4. The summed E-state index contributed by atoms with van der Waals surface area (Å²) in [6, 6.07) is 42.3. The second kappa shape index (κ2) is 10.4. The van der Waals surface area contributed by atoms with Crippen molar-refractivity contribution < 1.29 is 0 Å². The van der Waals surface area contributed by atoms with E-state index >= 15 is 0 Å². The molecule has 1 aliphatic carbocycles. The summed E-state index contributed by atoms with van der Waals surface area (Å²) in [5.74, 6) is 2.37. The molecule has 4 heteroatoms. The van der Waals surface area contributed by atoms with Crippen LogP contribution >= 0.6 is 0 Å². The maximum atomic E-state index is 5.09. The summed E-state index contributed by atoms with van der Waals surface area (Å²) in [6.45, 7) is 2.26. The molecular weight excluding hydrogens is 524 g/mol. The first kappa shape index (κ1) is 25.2. The second-order valence-corrected chi connectivity index (χ2v) is 11.2. The fourth-order valence-electron chi connectivity index (χ4n) is 6.12. The van der Waals surface area contributed by atoms with Crippen molar-refractivity contribution in [3.05, 3.63) is 144 Å². The van der Waals surface area contributed by atoms with E-state index in [0.29, 0.717) is 11.6 Å². The van der Waals surface area contributed by atoms with Gasteiger partial charge in [0.1, 0.15) is 0 Å². The van der Waals surface area contributed by atoms with E-state index in [1.807, 2.05) is 12.3 Å². The Morgan fingerprint density at radius 3 is 2.12 bits per heavy atom. The second-order valence-electron chi connectivity index (χ2n) is 11.2. The smallest absolute Gasteiger partial charge is 0.164 e. The number of fused-ring (bicyclic) bond motifs is 3. The zero-order valence-corrected chi connectivity index (χ0v) is 23.8. The molecule has 5 aromatic carbocycles. The lowest BCUT2D eigenvalue weighted by Crippen LogP contribution is -2.13. The molecule has 8 rings (SSSR count). The topological polar surface area (TPSA) is 51.6 Å². The van der Waals surface area contributed by atoms with Gasteiger partial charge in [0.05, 0.1) is 5.52 Å². The van der Waals surface area contributed by atoms with Gasteiger partial charge < -0.3 is 0 Å². The zero-order chi connectivity index (χ0) is 28.8. The van der Waals surface area contributed by atoms with Crippen LogP contribution in [0, 0.1) is 5.92 Å². The maximum absolute atomic E-state index is 5.09. The lowest BCUT2D eigenvalue weighted by molar-refractivity contribution is 0.728. The molecule has 2 aromatic heterocycles. The van der Waals surface area contributed by atoms with Crippen LogP contribution in [0.15, 0.2) is 128 Å². The number of benzene rings is 5. The Hall–Kier alpha value is -5.48. The van der Waals surface area contributed by atoms with Gasteiger partial charge in [-0.15, -0.1) is 0 Å². The molecule has 0 spiro atoms. The van der Waals surface area contributed by atoms with Crippen LogP contribution in [0.2, 0.25) is 0 Å². The summed E-state index contributed by atoms with van der Waals surface area (Å²) in [5, 5.41) is 3.48. The van der Waals surface area contributed by atoms with Crippen molar-refractivity contribution >= 4 is 33.3 Å². The summed E-state index contributed by atoms with van der Waals surface area (Å²) >= 11 is 0. The lowest BCUT2D eigenvalue weighted by Gasteiger charge is -2.22. The largest absolute Gasteiger partial charge is 0.256 e. The van der Waals surface area contributed by atoms with Gasteiger partial charge in [0.15, 0.2) is 17.5 Å². The van der Waals surface area contributed by atoms with E-state index in [1.165, 1.54) is 16.5 Å². The highest BCUT2D eigenvalue weighted by Crippen LogP contribution is 2.35. The molecule has 0 N–H and O–H groups in total. The van der Waals surface area contributed by atoms with E-state index in [4.69, 9.17) is 15.0 Å². The summed E-state index contributed by atoms with van der Waals surface area (Å²) in [4.78, 5) is 19.9. The normalized spacial score (nSPS) is 14.4. The fourth-order valence-corrected chi connectivity index (χ4v) is 6.12. The number of pyridine rings is 1. The van der Waals surface area contributed by atoms with Crippen molar-refractivity contribution in [3.63, 3.8) is 0 Å². The maximum Gasteiger partial charge on any atom is 0.164 e. The number of para-hydroxylation sites is 1. The van der Waals surface area contributed by atoms with Crippen LogP contribution in [0.4, 0.5) is 0 Å². The minimum atomic E-state index is 0.288. The first-order valence-corrected chi connectivity index (χ1v) is 14.7. The molecule has 1 aliphatic rings. The molecule has 0 amide bonds. The van der Waals surface area contributed by atoms with Crippen LogP contribution < -0.4 is 0 Å². The molecule has 7 aromatic rings. The number of nitrogens with zero attached hydrogens (tertiary/aromatic N) is 4. The first-order chi connectivity index (χ1) is 21.2. The molecule has 43 heavy (non-hydrogen) atoms. The van der Waals surface area contributed by atoms with Crippen molar-refractivity contribution in [1.82, 2.24) is 19.9 Å². The molecule has 0 aliphatic heterocycles. The van der Waals surface area contributed by atoms with E-state index in [2.05, 4.69) is 133 Å². The number of hydrogen-bond donors (Lipinski definition) is 0. The van der Waals surface area contributed by atoms with Crippen LogP contribution in [-0.2, 0) is 6.42 Å². The van der Waals surface area contributed by atoms with Gasteiger partial charge in [0.25, 0.3) is 0 Å². The Balaban J connectivity index is 1.26. The number of aromatic nitrogens is 4. The Labute approximate surface area is 250 Å². The zero-order valence-electron chi connectivity index (χ0n) is 23.8. The third-order valence-corrected chi connectivity index (χ3v) is 8.41. The minimum absolute atomic E-state index is 0.288. The Kier molecular flexibility index (Phi) is 6.11. The first-order valence-electron chi connectivity index (χ1n) is 14.7. The predicted octanol–water partition coefficient (Wildman–Crippen LogP) is 9.31. The highest BCUT2D eigenvalue weighted by atomic mass is 15.0. The standard InChI is InChI=1S/C39H28N4/c1-25-22-30-9-4-5-11-32(30)24-35(25)39-42-37(41-38(43-39)33-20-15-26-8-2-3-10-31(26)23-33)29-18-16-27(17-19-29)34-14-6-12-28-13-7-21-40-36(28)34/h2-21,23-25H,22H2,1H3/t25-/m0/s1. The number of rotatable bonds is 4. The van der Waals surface area contributed by atoms with Crippen LogP contribution in [0.3, 0.4) is 0 Å². The summed E-state index contributed by atoms with van der Waals surface area (Å²) in [7, 11) is 0. The molecule has 0 radical (unpaired) electrons. The van der Waals surface area contributed by atoms with E-state index in [1.54, 1.807) is 0 Å². The Morgan fingerprint density at radius 2 is 1.23 bits per heavy atom. The van der Waals surface area contributed by atoms with E-state index < -0.39 is 0 Å². The van der Waals surface area contributed by atoms with E-state index in [9.17, 15) is 0 Å². The molecule has 204 valence electrons.